The zero-order valence-corrected chi connectivity index (χ0v) is 18.8. The number of fused-ring (bicyclic) bond motifs is 2. The lowest BCUT2D eigenvalue weighted by Gasteiger charge is -2.05. The molecule has 154 valence electrons. The molecule has 0 aliphatic rings. The van der Waals surface area contributed by atoms with Crippen LogP contribution >= 0.6 is 34.7 Å². The van der Waals surface area contributed by atoms with E-state index in [4.69, 9.17) is 11.6 Å². The van der Waals surface area contributed by atoms with Crippen LogP contribution in [0.4, 0.5) is 5.13 Å². The zero-order chi connectivity index (χ0) is 21.2. The third-order valence-electron chi connectivity index (χ3n) is 4.92. The number of thioether (sulfide) groups is 1. The molecule has 0 atom stereocenters. The summed E-state index contributed by atoms with van der Waals surface area (Å²) in [5, 5.41) is 5.45. The lowest BCUT2D eigenvalue weighted by atomic mass is 10.2. The van der Waals surface area contributed by atoms with Crippen LogP contribution in [0, 0.1) is 0 Å². The number of thiazole rings is 1. The van der Waals surface area contributed by atoms with Crippen molar-refractivity contribution in [1.29, 1.82) is 0 Å². The highest BCUT2D eigenvalue weighted by molar-refractivity contribution is 8.00. The van der Waals surface area contributed by atoms with E-state index in [0.717, 1.165) is 37.6 Å². The van der Waals surface area contributed by atoms with Crippen molar-refractivity contribution in [3.63, 3.8) is 0 Å². The Morgan fingerprint density at radius 1 is 1.03 bits per heavy atom. The number of amides is 1. The highest BCUT2D eigenvalue weighted by atomic mass is 35.5. The first-order chi connectivity index (χ1) is 15.2. The number of hydrogen-bond acceptors (Lipinski definition) is 4. The number of carbonyl (C=O) groups excluding carboxylic acids is 1. The summed E-state index contributed by atoms with van der Waals surface area (Å²) in [5.74, 6) is 0.267. The summed E-state index contributed by atoms with van der Waals surface area (Å²) in [6, 6.07) is 24.0. The Morgan fingerprint density at radius 2 is 1.81 bits per heavy atom. The van der Waals surface area contributed by atoms with Crippen molar-refractivity contribution in [3.05, 3.63) is 89.6 Å². The molecule has 4 nitrogen and oxygen atoms in total. The number of aromatic nitrogens is 2. The van der Waals surface area contributed by atoms with Gasteiger partial charge in [0.05, 0.1) is 16.0 Å². The molecule has 2 aromatic heterocycles. The maximum absolute atomic E-state index is 12.5. The molecule has 7 heteroatoms. The molecular formula is C24H18ClN3OS2. The SMILES string of the molecule is O=C(CSc1cn(Cc2ccc(Cl)cc2)c2ccccc12)Nc1nc2ccccc2s1. The summed E-state index contributed by atoms with van der Waals surface area (Å²) < 4.78 is 3.28. The van der Waals surface area contributed by atoms with Gasteiger partial charge in [-0.3, -0.25) is 4.79 Å². The molecule has 0 spiro atoms. The molecule has 3 aromatic carbocycles. The summed E-state index contributed by atoms with van der Waals surface area (Å²) in [4.78, 5) is 18.1. The predicted molar refractivity (Wildman–Crippen MR) is 131 cm³/mol. The first-order valence-electron chi connectivity index (χ1n) is 9.76. The van der Waals surface area contributed by atoms with Crippen molar-refractivity contribution in [1.82, 2.24) is 9.55 Å². The number of hydrogen-bond donors (Lipinski definition) is 1. The molecule has 0 bridgehead atoms. The second-order valence-electron chi connectivity index (χ2n) is 7.09. The monoisotopic (exact) mass is 463 g/mol. The van der Waals surface area contributed by atoms with E-state index in [-0.39, 0.29) is 5.91 Å². The van der Waals surface area contributed by atoms with Crippen LogP contribution in [0.1, 0.15) is 5.56 Å². The van der Waals surface area contributed by atoms with E-state index in [0.29, 0.717) is 10.9 Å². The number of halogens is 1. The summed E-state index contributed by atoms with van der Waals surface area (Å²) in [7, 11) is 0. The summed E-state index contributed by atoms with van der Waals surface area (Å²) in [6.45, 7) is 0.746. The fraction of sp³-hybridized carbons (Fsp3) is 0.0833. The number of para-hydroxylation sites is 2. The molecule has 1 amide bonds. The van der Waals surface area contributed by atoms with Crippen molar-refractivity contribution in [2.45, 2.75) is 11.4 Å². The van der Waals surface area contributed by atoms with Crippen LogP contribution < -0.4 is 5.32 Å². The van der Waals surface area contributed by atoms with E-state index >= 15 is 0 Å². The maximum Gasteiger partial charge on any atom is 0.236 e. The minimum atomic E-state index is -0.0569. The van der Waals surface area contributed by atoms with Gasteiger partial charge in [-0.2, -0.15) is 0 Å². The van der Waals surface area contributed by atoms with Crippen molar-refractivity contribution in [2.75, 3.05) is 11.1 Å². The number of anilines is 1. The van der Waals surface area contributed by atoms with Gasteiger partial charge in [-0.15, -0.1) is 11.8 Å². The largest absolute Gasteiger partial charge is 0.342 e. The van der Waals surface area contributed by atoms with Crippen molar-refractivity contribution >= 4 is 66.9 Å². The van der Waals surface area contributed by atoms with Gasteiger partial charge in [0, 0.05) is 33.6 Å². The van der Waals surface area contributed by atoms with E-state index in [9.17, 15) is 4.79 Å². The van der Waals surface area contributed by atoms with E-state index < -0.39 is 0 Å². The summed E-state index contributed by atoms with van der Waals surface area (Å²) in [6.07, 6.45) is 2.12. The van der Waals surface area contributed by atoms with E-state index in [2.05, 4.69) is 33.2 Å². The molecule has 0 aliphatic heterocycles. The van der Waals surface area contributed by atoms with Gasteiger partial charge in [0.15, 0.2) is 5.13 Å². The van der Waals surface area contributed by atoms with Crippen molar-refractivity contribution in [3.8, 4) is 0 Å². The highest BCUT2D eigenvalue weighted by Crippen LogP contribution is 2.31. The van der Waals surface area contributed by atoms with Crippen molar-refractivity contribution < 1.29 is 4.79 Å². The van der Waals surface area contributed by atoms with Gasteiger partial charge in [0.1, 0.15) is 0 Å². The third-order valence-corrected chi connectivity index (χ3v) is 7.16. The molecule has 0 radical (unpaired) electrons. The first-order valence-corrected chi connectivity index (χ1v) is 11.9. The van der Waals surface area contributed by atoms with Crippen molar-refractivity contribution in [2.24, 2.45) is 0 Å². The van der Waals surface area contributed by atoms with Crippen LogP contribution in [-0.4, -0.2) is 21.2 Å². The number of benzene rings is 3. The average molecular weight is 464 g/mol. The molecule has 31 heavy (non-hydrogen) atoms. The highest BCUT2D eigenvalue weighted by Gasteiger charge is 2.13. The van der Waals surface area contributed by atoms with Crippen LogP contribution in [0.15, 0.2) is 83.9 Å². The molecule has 2 heterocycles. The van der Waals surface area contributed by atoms with E-state index in [1.165, 1.54) is 16.9 Å². The molecular weight excluding hydrogens is 446 g/mol. The zero-order valence-electron chi connectivity index (χ0n) is 16.4. The van der Waals surface area contributed by atoms with Gasteiger partial charge in [-0.25, -0.2) is 4.98 Å². The molecule has 0 unspecified atom stereocenters. The van der Waals surface area contributed by atoms with Gasteiger partial charge in [-0.05, 0) is 35.9 Å². The number of carbonyl (C=O) groups is 1. The Kier molecular flexibility index (Phi) is 5.68. The minimum absolute atomic E-state index is 0.0569. The Balaban J connectivity index is 1.31. The summed E-state index contributed by atoms with van der Waals surface area (Å²) in [5.41, 5.74) is 3.22. The lowest BCUT2D eigenvalue weighted by Crippen LogP contribution is -2.13. The van der Waals surface area contributed by atoms with Gasteiger partial charge < -0.3 is 9.88 Å². The minimum Gasteiger partial charge on any atom is -0.342 e. The number of nitrogens with zero attached hydrogens (tertiary/aromatic N) is 2. The number of nitrogens with one attached hydrogen (secondary N) is 1. The molecule has 5 aromatic rings. The van der Waals surface area contributed by atoms with Crippen LogP contribution in [0.3, 0.4) is 0 Å². The number of rotatable bonds is 6. The molecule has 0 aliphatic carbocycles. The topological polar surface area (TPSA) is 46.9 Å². The summed E-state index contributed by atoms with van der Waals surface area (Å²) >= 11 is 9.05. The Morgan fingerprint density at radius 3 is 2.65 bits per heavy atom. The third kappa shape index (κ3) is 4.46. The Bertz CT molecular complexity index is 1340. The fourth-order valence-electron chi connectivity index (χ4n) is 3.47. The van der Waals surface area contributed by atoms with Crippen LogP contribution in [-0.2, 0) is 11.3 Å². The lowest BCUT2D eigenvalue weighted by molar-refractivity contribution is -0.113. The van der Waals surface area contributed by atoms with Gasteiger partial charge in [-0.1, -0.05) is 65.4 Å². The predicted octanol–water partition coefficient (Wildman–Crippen LogP) is 6.68. The van der Waals surface area contributed by atoms with Gasteiger partial charge in [0.25, 0.3) is 0 Å². The van der Waals surface area contributed by atoms with Crippen LogP contribution in [0.2, 0.25) is 5.02 Å². The average Bonchev–Trinajstić information content (AvgIpc) is 3.35. The molecule has 0 saturated heterocycles. The second-order valence-corrected chi connectivity index (χ2v) is 9.57. The van der Waals surface area contributed by atoms with Gasteiger partial charge >= 0.3 is 0 Å². The first kappa shape index (κ1) is 20.1. The Labute approximate surface area is 192 Å². The molecule has 0 saturated carbocycles. The second kappa shape index (κ2) is 8.75. The van der Waals surface area contributed by atoms with E-state index in [1.807, 2.05) is 60.7 Å². The quantitative estimate of drug-likeness (QED) is 0.285. The van der Waals surface area contributed by atoms with Crippen LogP contribution in [0.5, 0.6) is 0 Å². The Hall–Kier alpha value is -2.80. The smallest absolute Gasteiger partial charge is 0.236 e. The van der Waals surface area contributed by atoms with E-state index in [1.54, 1.807) is 11.8 Å². The molecule has 0 fully saturated rings. The normalized spacial score (nSPS) is 11.3. The standard InChI is InChI=1S/C24H18ClN3OS2/c25-17-11-9-16(10-12-17)13-28-14-22(18-5-1-3-7-20(18)28)30-15-23(29)27-24-26-19-6-2-4-8-21(19)31-24/h1-12,14H,13,15H2,(H,26,27,29). The van der Waals surface area contributed by atoms with Gasteiger partial charge in [0.2, 0.25) is 5.91 Å². The molecule has 1 N–H and O–H groups in total. The fourth-order valence-corrected chi connectivity index (χ4v) is 5.37. The molecule has 5 rings (SSSR count). The maximum atomic E-state index is 12.5. The van der Waals surface area contributed by atoms with Crippen LogP contribution in [0.25, 0.3) is 21.1 Å².